The standard InChI is InChI=1S/C18H29F3O2/c1-13-9-11-17(23,18(19,20)21)10-7-5-4-6-8-14(2)16(22)15(3)12-13/h6,8,12,14-16,22-23H,4-5,7,9-11H2,1-3H3/b8-6+,13-12-/t14?,15-,16-,17?/m1/s1. The minimum Gasteiger partial charge on any atom is -0.392 e. The van der Waals surface area contributed by atoms with E-state index in [9.17, 15) is 23.4 Å². The Hall–Kier alpha value is -0.810. The number of halogens is 3. The molecule has 1 rings (SSSR count). The third kappa shape index (κ3) is 5.96. The maximum Gasteiger partial charge on any atom is 0.417 e. The summed E-state index contributed by atoms with van der Waals surface area (Å²) < 4.78 is 39.6. The van der Waals surface area contributed by atoms with E-state index in [1.165, 1.54) is 0 Å². The number of hydrogen-bond donors (Lipinski definition) is 2. The summed E-state index contributed by atoms with van der Waals surface area (Å²) in [5.74, 6) is -0.138. The molecule has 0 saturated heterocycles. The summed E-state index contributed by atoms with van der Waals surface area (Å²) in [5.41, 5.74) is -1.85. The van der Waals surface area contributed by atoms with Crippen molar-refractivity contribution in [2.45, 2.75) is 77.2 Å². The molecule has 0 aliphatic heterocycles. The van der Waals surface area contributed by atoms with Crippen LogP contribution in [0, 0.1) is 11.8 Å². The van der Waals surface area contributed by atoms with Crippen LogP contribution in [0.4, 0.5) is 13.2 Å². The summed E-state index contributed by atoms with van der Waals surface area (Å²) in [6.45, 7) is 5.56. The van der Waals surface area contributed by atoms with Crippen LogP contribution in [0.3, 0.4) is 0 Å². The molecule has 1 aliphatic carbocycles. The second kappa shape index (κ2) is 8.34. The van der Waals surface area contributed by atoms with Crippen LogP contribution in [0.1, 0.15) is 59.3 Å². The van der Waals surface area contributed by atoms with Crippen LogP contribution in [0.5, 0.6) is 0 Å². The first kappa shape index (κ1) is 20.2. The van der Waals surface area contributed by atoms with Gasteiger partial charge in [-0.05, 0) is 45.4 Å². The van der Waals surface area contributed by atoms with Crippen molar-refractivity contribution in [1.82, 2.24) is 0 Å². The van der Waals surface area contributed by atoms with Crippen molar-refractivity contribution >= 4 is 0 Å². The third-order valence-electron chi connectivity index (χ3n) is 4.74. The van der Waals surface area contributed by atoms with E-state index in [1.54, 1.807) is 6.92 Å². The van der Waals surface area contributed by atoms with Gasteiger partial charge in [0.25, 0.3) is 0 Å². The van der Waals surface area contributed by atoms with Crippen molar-refractivity contribution in [2.24, 2.45) is 11.8 Å². The molecular formula is C18H29F3O2. The Morgan fingerprint density at radius 1 is 1.13 bits per heavy atom. The van der Waals surface area contributed by atoms with Gasteiger partial charge in [-0.3, -0.25) is 0 Å². The summed E-state index contributed by atoms with van der Waals surface area (Å²) in [6, 6.07) is 0. The zero-order valence-corrected chi connectivity index (χ0v) is 14.2. The monoisotopic (exact) mass is 334 g/mol. The maximum atomic E-state index is 13.2. The van der Waals surface area contributed by atoms with Gasteiger partial charge in [0, 0.05) is 11.8 Å². The Labute approximate surface area is 137 Å². The van der Waals surface area contributed by atoms with E-state index in [1.807, 2.05) is 32.1 Å². The molecule has 2 N–H and O–H groups in total. The highest BCUT2D eigenvalue weighted by Gasteiger charge is 2.52. The topological polar surface area (TPSA) is 40.5 Å². The van der Waals surface area contributed by atoms with Crippen molar-refractivity contribution in [3.05, 3.63) is 23.8 Å². The Kier molecular flexibility index (Phi) is 7.33. The number of hydrogen-bond acceptors (Lipinski definition) is 2. The van der Waals surface area contributed by atoms with Crippen molar-refractivity contribution in [3.63, 3.8) is 0 Å². The molecule has 1 aliphatic rings. The summed E-state index contributed by atoms with van der Waals surface area (Å²) >= 11 is 0. The lowest BCUT2D eigenvalue weighted by molar-refractivity contribution is -0.265. The van der Waals surface area contributed by atoms with E-state index in [-0.39, 0.29) is 31.1 Å². The Morgan fingerprint density at radius 3 is 2.39 bits per heavy atom. The SMILES string of the molecule is C/C1=C/[C@@H](C)[C@H](O)C(C)/C=C/CCCCC(O)(C(F)(F)F)CC1. The van der Waals surface area contributed by atoms with Gasteiger partial charge in [0.2, 0.25) is 0 Å². The van der Waals surface area contributed by atoms with Crippen LogP contribution in [-0.2, 0) is 0 Å². The Bertz CT molecular complexity index is 428. The Balaban J connectivity index is 2.95. The lowest BCUT2D eigenvalue weighted by Gasteiger charge is -2.31. The molecule has 0 aromatic heterocycles. The summed E-state index contributed by atoms with van der Waals surface area (Å²) in [4.78, 5) is 0. The zero-order chi connectivity index (χ0) is 17.7. The van der Waals surface area contributed by atoms with Gasteiger partial charge in [0.15, 0.2) is 5.60 Å². The van der Waals surface area contributed by atoms with Gasteiger partial charge in [-0.1, -0.05) is 37.6 Å². The highest BCUT2D eigenvalue weighted by atomic mass is 19.4. The Morgan fingerprint density at radius 2 is 1.78 bits per heavy atom. The first-order chi connectivity index (χ1) is 10.6. The fraction of sp³-hybridized carbons (Fsp3) is 0.778. The van der Waals surface area contributed by atoms with E-state index >= 15 is 0 Å². The summed E-state index contributed by atoms with van der Waals surface area (Å²) in [7, 11) is 0. The molecule has 2 nitrogen and oxygen atoms in total. The van der Waals surface area contributed by atoms with Crippen LogP contribution in [-0.4, -0.2) is 28.1 Å². The van der Waals surface area contributed by atoms with E-state index in [0.717, 1.165) is 5.57 Å². The van der Waals surface area contributed by atoms with Crippen molar-refractivity contribution in [2.75, 3.05) is 0 Å². The molecule has 0 saturated carbocycles. The van der Waals surface area contributed by atoms with Crippen molar-refractivity contribution in [3.8, 4) is 0 Å². The summed E-state index contributed by atoms with van der Waals surface area (Å²) in [6.07, 6.45) is 1.66. The molecule has 4 atom stereocenters. The van der Waals surface area contributed by atoms with Gasteiger partial charge in [0.1, 0.15) is 0 Å². The molecule has 0 aromatic rings. The second-order valence-electron chi connectivity index (χ2n) is 6.93. The molecule has 0 fully saturated rings. The predicted molar refractivity (Wildman–Crippen MR) is 85.9 cm³/mol. The van der Waals surface area contributed by atoms with Gasteiger partial charge >= 0.3 is 6.18 Å². The van der Waals surface area contributed by atoms with Gasteiger partial charge < -0.3 is 10.2 Å². The molecule has 0 heterocycles. The summed E-state index contributed by atoms with van der Waals surface area (Å²) in [5, 5.41) is 20.4. The first-order valence-corrected chi connectivity index (χ1v) is 8.38. The molecule has 0 radical (unpaired) electrons. The molecule has 0 bridgehead atoms. The minimum absolute atomic E-state index is 0.00379. The highest BCUT2D eigenvalue weighted by molar-refractivity contribution is 5.06. The lowest BCUT2D eigenvalue weighted by Crippen LogP contribution is -2.45. The van der Waals surface area contributed by atoms with Crippen LogP contribution in [0.25, 0.3) is 0 Å². The quantitative estimate of drug-likeness (QED) is 0.627. The second-order valence-corrected chi connectivity index (χ2v) is 6.93. The average molecular weight is 334 g/mol. The fourth-order valence-electron chi connectivity index (χ4n) is 3.03. The molecule has 2 unspecified atom stereocenters. The van der Waals surface area contributed by atoms with Crippen LogP contribution in [0.2, 0.25) is 0 Å². The molecule has 0 amide bonds. The number of aliphatic hydroxyl groups is 2. The molecule has 23 heavy (non-hydrogen) atoms. The third-order valence-corrected chi connectivity index (χ3v) is 4.74. The van der Waals surface area contributed by atoms with E-state index in [2.05, 4.69) is 0 Å². The molecule has 134 valence electrons. The zero-order valence-electron chi connectivity index (χ0n) is 14.2. The van der Waals surface area contributed by atoms with Gasteiger partial charge in [-0.2, -0.15) is 13.2 Å². The average Bonchev–Trinajstić information content (AvgIpc) is 2.45. The molecule has 5 heteroatoms. The number of alkyl halides is 3. The van der Waals surface area contributed by atoms with E-state index < -0.39 is 17.9 Å². The smallest absolute Gasteiger partial charge is 0.392 e. The maximum absolute atomic E-state index is 13.2. The van der Waals surface area contributed by atoms with Crippen molar-refractivity contribution < 1.29 is 23.4 Å². The van der Waals surface area contributed by atoms with E-state index in [0.29, 0.717) is 19.3 Å². The van der Waals surface area contributed by atoms with Gasteiger partial charge in [-0.25, -0.2) is 0 Å². The predicted octanol–water partition coefficient (Wildman–Crippen LogP) is 4.77. The van der Waals surface area contributed by atoms with Crippen LogP contribution >= 0.6 is 0 Å². The minimum atomic E-state index is -4.61. The highest BCUT2D eigenvalue weighted by Crippen LogP contribution is 2.39. The van der Waals surface area contributed by atoms with Gasteiger partial charge in [-0.15, -0.1) is 0 Å². The molecular weight excluding hydrogens is 305 g/mol. The van der Waals surface area contributed by atoms with Crippen molar-refractivity contribution in [1.29, 1.82) is 0 Å². The number of rotatable bonds is 0. The number of aliphatic hydroxyl groups excluding tert-OH is 1. The largest absolute Gasteiger partial charge is 0.417 e. The van der Waals surface area contributed by atoms with Gasteiger partial charge in [0.05, 0.1) is 6.10 Å². The van der Waals surface area contributed by atoms with Crippen LogP contribution < -0.4 is 0 Å². The molecule has 0 spiro atoms. The lowest BCUT2D eigenvalue weighted by atomic mass is 9.86. The molecule has 0 aromatic carbocycles. The first-order valence-electron chi connectivity index (χ1n) is 8.38. The number of allylic oxidation sites excluding steroid dienone is 2. The van der Waals surface area contributed by atoms with Crippen LogP contribution in [0.15, 0.2) is 23.8 Å². The normalized spacial score (nSPS) is 39.1. The van der Waals surface area contributed by atoms with E-state index in [4.69, 9.17) is 0 Å². The fourth-order valence-corrected chi connectivity index (χ4v) is 3.03.